The van der Waals surface area contributed by atoms with Gasteiger partial charge in [-0.05, 0) is 52.9 Å². The Morgan fingerprint density at radius 1 is 1.39 bits per heavy atom. The van der Waals surface area contributed by atoms with Crippen LogP contribution < -0.4 is 4.74 Å². The summed E-state index contributed by atoms with van der Waals surface area (Å²) in [5.74, 6) is 0.842. The molecule has 0 spiro atoms. The number of hydrogen-bond donors (Lipinski definition) is 0. The molecule has 0 saturated carbocycles. The summed E-state index contributed by atoms with van der Waals surface area (Å²) in [4.78, 5) is 0. The van der Waals surface area contributed by atoms with Crippen molar-refractivity contribution in [3.05, 3.63) is 28.2 Å². The molecule has 0 bridgehead atoms. The first-order valence-electron chi connectivity index (χ1n) is 6.31. The van der Waals surface area contributed by atoms with Crippen LogP contribution in [0.2, 0.25) is 0 Å². The van der Waals surface area contributed by atoms with Gasteiger partial charge >= 0.3 is 0 Å². The molecule has 0 aromatic heterocycles. The van der Waals surface area contributed by atoms with E-state index in [2.05, 4.69) is 15.9 Å². The molecule has 2 rings (SSSR count). The molecule has 1 unspecified atom stereocenters. The maximum Gasteiger partial charge on any atom is 0.133 e. The SMILES string of the molecule is COc1ccc(COCC2CCCCO2)cc1Br. The molecular weight excluding hydrogens is 296 g/mol. The van der Waals surface area contributed by atoms with E-state index >= 15 is 0 Å². The number of ether oxygens (including phenoxy) is 3. The van der Waals surface area contributed by atoms with Gasteiger partial charge < -0.3 is 14.2 Å². The van der Waals surface area contributed by atoms with E-state index in [1.165, 1.54) is 12.8 Å². The lowest BCUT2D eigenvalue weighted by atomic mass is 10.1. The van der Waals surface area contributed by atoms with Gasteiger partial charge in [0.25, 0.3) is 0 Å². The van der Waals surface area contributed by atoms with Gasteiger partial charge in [0, 0.05) is 6.61 Å². The summed E-state index contributed by atoms with van der Waals surface area (Å²) in [5.41, 5.74) is 1.14. The molecule has 0 N–H and O–H groups in total. The van der Waals surface area contributed by atoms with Crippen LogP contribution in [-0.4, -0.2) is 26.4 Å². The number of benzene rings is 1. The Labute approximate surface area is 117 Å². The van der Waals surface area contributed by atoms with Gasteiger partial charge in [0.1, 0.15) is 5.75 Å². The zero-order valence-electron chi connectivity index (χ0n) is 10.7. The minimum atomic E-state index is 0.278. The molecule has 1 heterocycles. The van der Waals surface area contributed by atoms with E-state index in [1.54, 1.807) is 7.11 Å². The quantitative estimate of drug-likeness (QED) is 0.832. The summed E-state index contributed by atoms with van der Waals surface area (Å²) in [5, 5.41) is 0. The average Bonchev–Trinajstić information content (AvgIpc) is 2.40. The van der Waals surface area contributed by atoms with Crippen LogP contribution in [0.15, 0.2) is 22.7 Å². The third kappa shape index (κ3) is 3.97. The van der Waals surface area contributed by atoms with Crippen molar-refractivity contribution >= 4 is 15.9 Å². The van der Waals surface area contributed by atoms with Crippen LogP contribution in [0.1, 0.15) is 24.8 Å². The summed E-state index contributed by atoms with van der Waals surface area (Å²) in [6.07, 6.45) is 3.83. The van der Waals surface area contributed by atoms with Crippen LogP contribution in [-0.2, 0) is 16.1 Å². The first-order chi connectivity index (χ1) is 8.79. The Bertz CT molecular complexity index is 375. The second-order valence-corrected chi connectivity index (χ2v) is 5.33. The fourth-order valence-electron chi connectivity index (χ4n) is 2.05. The second kappa shape index (κ2) is 7.12. The van der Waals surface area contributed by atoms with Crippen molar-refractivity contribution in [3.63, 3.8) is 0 Å². The van der Waals surface area contributed by atoms with Crippen LogP contribution in [0.4, 0.5) is 0 Å². The van der Waals surface area contributed by atoms with Gasteiger partial charge in [-0.2, -0.15) is 0 Å². The van der Waals surface area contributed by atoms with Crippen molar-refractivity contribution in [1.29, 1.82) is 0 Å². The molecule has 4 heteroatoms. The van der Waals surface area contributed by atoms with Crippen LogP contribution in [0, 0.1) is 0 Å². The highest BCUT2D eigenvalue weighted by Crippen LogP contribution is 2.25. The maximum atomic E-state index is 5.70. The predicted octanol–water partition coefficient (Wildman–Crippen LogP) is 3.54. The number of methoxy groups -OCH3 is 1. The van der Waals surface area contributed by atoms with Crippen LogP contribution >= 0.6 is 15.9 Å². The molecule has 1 aromatic rings. The minimum Gasteiger partial charge on any atom is -0.496 e. The topological polar surface area (TPSA) is 27.7 Å². The lowest BCUT2D eigenvalue weighted by Crippen LogP contribution is -2.24. The first kappa shape index (κ1) is 13.8. The summed E-state index contributed by atoms with van der Waals surface area (Å²) >= 11 is 3.47. The molecule has 1 saturated heterocycles. The average molecular weight is 315 g/mol. The van der Waals surface area contributed by atoms with E-state index in [9.17, 15) is 0 Å². The third-order valence-corrected chi connectivity index (χ3v) is 3.68. The van der Waals surface area contributed by atoms with Crippen LogP contribution in [0.5, 0.6) is 5.75 Å². The molecule has 1 atom stereocenters. The number of halogens is 1. The molecule has 1 fully saturated rings. The summed E-state index contributed by atoms with van der Waals surface area (Å²) in [6, 6.07) is 5.99. The molecule has 1 aliphatic heterocycles. The highest BCUT2D eigenvalue weighted by molar-refractivity contribution is 9.10. The van der Waals surface area contributed by atoms with E-state index in [1.807, 2.05) is 18.2 Å². The molecular formula is C14H19BrO3. The van der Waals surface area contributed by atoms with E-state index in [4.69, 9.17) is 14.2 Å². The predicted molar refractivity (Wildman–Crippen MR) is 73.9 cm³/mol. The molecule has 3 nitrogen and oxygen atoms in total. The van der Waals surface area contributed by atoms with Gasteiger partial charge in [-0.3, -0.25) is 0 Å². The fourth-order valence-corrected chi connectivity index (χ4v) is 2.63. The standard InChI is InChI=1S/C14H19BrO3/c1-16-14-6-5-11(8-13(14)15)9-17-10-12-4-2-3-7-18-12/h5-6,8,12H,2-4,7,9-10H2,1H3. The van der Waals surface area contributed by atoms with Crippen LogP contribution in [0.25, 0.3) is 0 Å². The van der Waals surface area contributed by atoms with E-state index in [0.29, 0.717) is 13.2 Å². The largest absolute Gasteiger partial charge is 0.496 e. The Kier molecular flexibility index (Phi) is 5.47. The van der Waals surface area contributed by atoms with Crippen molar-refractivity contribution in [3.8, 4) is 5.75 Å². The molecule has 100 valence electrons. The van der Waals surface area contributed by atoms with Gasteiger partial charge in [-0.1, -0.05) is 6.07 Å². The van der Waals surface area contributed by atoms with Gasteiger partial charge in [0.05, 0.1) is 30.9 Å². The first-order valence-corrected chi connectivity index (χ1v) is 7.10. The Morgan fingerprint density at radius 3 is 2.94 bits per heavy atom. The molecule has 0 radical (unpaired) electrons. The Morgan fingerprint density at radius 2 is 2.28 bits per heavy atom. The Balaban J connectivity index is 1.77. The van der Waals surface area contributed by atoms with Crippen molar-refractivity contribution in [2.75, 3.05) is 20.3 Å². The van der Waals surface area contributed by atoms with E-state index in [0.717, 1.165) is 28.8 Å². The zero-order valence-corrected chi connectivity index (χ0v) is 12.2. The monoisotopic (exact) mass is 314 g/mol. The number of rotatable bonds is 5. The smallest absolute Gasteiger partial charge is 0.133 e. The van der Waals surface area contributed by atoms with Gasteiger partial charge in [0.15, 0.2) is 0 Å². The summed E-state index contributed by atoms with van der Waals surface area (Å²) < 4.78 is 17.5. The summed E-state index contributed by atoms with van der Waals surface area (Å²) in [6.45, 7) is 2.17. The van der Waals surface area contributed by atoms with Gasteiger partial charge in [0.2, 0.25) is 0 Å². The fraction of sp³-hybridized carbons (Fsp3) is 0.571. The van der Waals surface area contributed by atoms with Crippen molar-refractivity contribution in [2.45, 2.75) is 32.0 Å². The van der Waals surface area contributed by atoms with Gasteiger partial charge in [-0.15, -0.1) is 0 Å². The molecule has 1 aromatic carbocycles. The van der Waals surface area contributed by atoms with Crippen LogP contribution in [0.3, 0.4) is 0 Å². The van der Waals surface area contributed by atoms with Crippen molar-refractivity contribution in [2.24, 2.45) is 0 Å². The third-order valence-electron chi connectivity index (χ3n) is 3.06. The van der Waals surface area contributed by atoms with Crippen molar-refractivity contribution in [1.82, 2.24) is 0 Å². The zero-order chi connectivity index (χ0) is 12.8. The maximum absolute atomic E-state index is 5.70. The van der Waals surface area contributed by atoms with E-state index < -0.39 is 0 Å². The Hall–Kier alpha value is -0.580. The molecule has 18 heavy (non-hydrogen) atoms. The summed E-state index contributed by atoms with van der Waals surface area (Å²) in [7, 11) is 1.66. The number of hydrogen-bond acceptors (Lipinski definition) is 3. The van der Waals surface area contributed by atoms with Gasteiger partial charge in [-0.25, -0.2) is 0 Å². The minimum absolute atomic E-state index is 0.278. The molecule has 0 aliphatic carbocycles. The second-order valence-electron chi connectivity index (χ2n) is 4.47. The molecule has 1 aliphatic rings. The lowest BCUT2D eigenvalue weighted by molar-refractivity contribution is -0.0447. The highest BCUT2D eigenvalue weighted by Gasteiger charge is 2.13. The lowest BCUT2D eigenvalue weighted by Gasteiger charge is -2.22. The highest BCUT2D eigenvalue weighted by atomic mass is 79.9. The van der Waals surface area contributed by atoms with E-state index in [-0.39, 0.29) is 6.10 Å². The van der Waals surface area contributed by atoms with Crippen molar-refractivity contribution < 1.29 is 14.2 Å². The molecule has 0 amide bonds. The normalized spacial score (nSPS) is 19.8.